The number of nitrogens with zero attached hydrogens (tertiary/aromatic N) is 1. The number of benzene rings is 1. The quantitative estimate of drug-likeness (QED) is 0.847. The number of rotatable bonds is 7. The van der Waals surface area contributed by atoms with E-state index < -0.39 is 0 Å². The highest BCUT2D eigenvalue weighted by Crippen LogP contribution is 2.31. The van der Waals surface area contributed by atoms with Crippen LogP contribution in [0.2, 0.25) is 0 Å². The first-order chi connectivity index (χ1) is 10.3. The Labute approximate surface area is 126 Å². The smallest absolute Gasteiger partial charge is 0.165 e. The van der Waals surface area contributed by atoms with Crippen molar-refractivity contribution in [2.45, 2.75) is 26.4 Å². The number of hydrogen-bond acceptors (Lipinski definition) is 4. The number of hydrogen-bond donors (Lipinski definition) is 1. The molecule has 1 atom stereocenters. The SMILES string of the molecule is CCOc1cccc(CN[C@@H](C)c2ccncc2)c1OC. The van der Waals surface area contributed by atoms with E-state index in [0.29, 0.717) is 13.2 Å². The Morgan fingerprint density at radius 1 is 1.19 bits per heavy atom. The van der Waals surface area contributed by atoms with E-state index in [-0.39, 0.29) is 6.04 Å². The Balaban J connectivity index is 2.07. The van der Waals surface area contributed by atoms with Gasteiger partial charge in [-0.15, -0.1) is 0 Å². The molecule has 2 rings (SSSR count). The van der Waals surface area contributed by atoms with E-state index in [2.05, 4.69) is 17.2 Å². The predicted octanol–water partition coefficient (Wildman–Crippen LogP) is 3.34. The van der Waals surface area contributed by atoms with Gasteiger partial charge in [-0.1, -0.05) is 12.1 Å². The van der Waals surface area contributed by atoms with Gasteiger partial charge >= 0.3 is 0 Å². The van der Waals surface area contributed by atoms with Crippen molar-refractivity contribution in [1.82, 2.24) is 10.3 Å². The molecule has 4 heteroatoms. The van der Waals surface area contributed by atoms with Crippen molar-refractivity contribution in [3.05, 3.63) is 53.9 Å². The van der Waals surface area contributed by atoms with Gasteiger partial charge in [0.25, 0.3) is 0 Å². The van der Waals surface area contributed by atoms with Gasteiger partial charge in [-0.05, 0) is 37.6 Å². The third-order valence-corrected chi connectivity index (χ3v) is 3.37. The molecular formula is C17H22N2O2. The summed E-state index contributed by atoms with van der Waals surface area (Å²) in [5.41, 5.74) is 2.30. The van der Waals surface area contributed by atoms with Gasteiger partial charge in [0, 0.05) is 30.5 Å². The molecule has 2 aromatic rings. The van der Waals surface area contributed by atoms with E-state index in [1.807, 2.05) is 49.6 Å². The second-order valence-corrected chi connectivity index (χ2v) is 4.76. The molecule has 0 bridgehead atoms. The molecular weight excluding hydrogens is 264 g/mol. The second kappa shape index (κ2) is 7.64. The highest BCUT2D eigenvalue weighted by Gasteiger charge is 2.11. The minimum Gasteiger partial charge on any atom is -0.493 e. The third-order valence-electron chi connectivity index (χ3n) is 3.37. The fourth-order valence-electron chi connectivity index (χ4n) is 2.23. The van der Waals surface area contributed by atoms with Crippen LogP contribution in [0, 0.1) is 0 Å². The molecule has 0 saturated carbocycles. The van der Waals surface area contributed by atoms with Gasteiger partial charge in [-0.2, -0.15) is 0 Å². The van der Waals surface area contributed by atoms with Gasteiger partial charge in [-0.3, -0.25) is 4.98 Å². The average molecular weight is 286 g/mol. The summed E-state index contributed by atoms with van der Waals surface area (Å²) in [7, 11) is 1.67. The largest absolute Gasteiger partial charge is 0.493 e. The van der Waals surface area contributed by atoms with E-state index in [1.54, 1.807) is 7.11 Å². The van der Waals surface area contributed by atoms with Crippen LogP contribution in [0.25, 0.3) is 0 Å². The molecule has 0 spiro atoms. The lowest BCUT2D eigenvalue weighted by Crippen LogP contribution is -2.18. The summed E-state index contributed by atoms with van der Waals surface area (Å²) < 4.78 is 11.1. The average Bonchev–Trinajstić information content (AvgIpc) is 2.54. The summed E-state index contributed by atoms with van der Waals surface area (Å²) in [5, 5.41) is 3.50. The monoisotopic (exact) mass is 286 g/mol. The molecule has 0 unspecified atom stereocenters. The fraction of sp³-hybridized carbons (Fsp3) is 0.353. The van der Waals surface area contributed by atoms with E-state index in [9.17, 15) is 0 Å². The third kappa shape index (κ3) is 3.95. The molecule has 0 aliphatic rings. The maximum Gasteiger partial charge on any atom is 0.165 e. The maximum absolute atomic E-state index is 5.60. The van der Waals surface area contributed by atoms with Crippen LogP contribution in [0.15, 0.2) is 42.7 Å². The zero-order chi connectivity index (χ0) is 15.1. The van der Waals surface area contributed by atoms with Crippen molar-refractivity contribution in [2.75, 3.05) is 13.7 Å². The van der Waals surface area contributed by atoms with Crippen molar-refractivity contribution in [2.24, 2.45) is 0 Å². The first-order valence-corrected chi connectivity index (χ1v) is 7.18. The zero-order valence-corrected chi connectivity index (χ0v) is 12.8. The van der Waals surface area contributed by atoms with E-state index in [0.717, 1.165) is 17.1 Å². The van der Waals surface area contributed by atoms with Gasteiger partial charge < -0.3 is 14.8 Å². The molecule has 1 heterocycles. The highest BCUT2D eigenvalue weighted by atomic mass is 16.5. The summed E-state index contributed by atoms with van der Waals surface area (Å²) in [6.07, 6.45) is 3.62. The Kier molecular flexibility index (Phi) is 5.58. The molecule has 0 fully saturated rings. The molecule has 0 saturated heterocycles. The van der Waals surface area contributed by atoms with E-state index >= 15 is 0 Å². The van der Waals surface area contributed by atoms with Crippen LogP contribution < -0.4 is 14.8 Å². The molecule has 21 heavy (non-hydrogen) atoms. The lowest BCUT2D eigenvalue weighted by atomic mass is 10.1. The lowest BCUT2D eigenvalue weighted by Gasteiger charge is -2.17. The maximum atomic E-state index is 5.60. The van der Waals surface area contributed by atoms with Crippen molar-refractivity contribution < 1.29 is 9.47 Å². The number of pyridine rings is 1. The topological polar surface area (TPSA) is 43.4 Å². The molecule has 0 radical (unpaired) electrons. The normalized spacial score (nSPS) is 12.0. The Morgan fingerprint density at radius 3 is 2.62 bits per heavy atom. The molecule has 112 valence electrons. The summed E-state index contributed by atoms with van der Waals surface area (Å²) >= 11 is 0. The number of methoxy groups -OCH3 is 1. The van der Waals surface area contributed by atoms with Crippen LogP contribution in [-0.2, 0) is 6.54 Å². The van der Waals surface area contributed by atoms with Crippen LogP contribution in [0.1, 0.15) is 31.0 Å². The highest BCUT2D eigenvalue weighted by molar-refractivity contribution is 5.46. The molecule has 1 N–H and O–H groups in total. The minimum atomic E-state index is 0.244. The van der Waals surface area contributed by atoms with Crippen LogP contribution in [-0.4, -0.2) is 18.7 Å². The molecule has 0 aliphatic heterocycles. The summed E-state index contributed by atoms with van der Waals surface area (Å²) in [6.45, 7) is 5.44. The molecule has 0 aliphatic carbocycles. The van der Waals surface area contributed by atoms with Crippen molar-refractivity contribution in [3.63, 3.8) is 0 Å². The number of ether oxygens (including phenoxy) is 2. The van der Waals surface area contributed by atoms with E-state index in [4.69, 9.17) is 9.47 Å². The first kappa shape index (κ1) is 15.3. The summed E-state index contributed by atoms with van der Waals surface area (Å²) in [6, 6.07) is 10.2. The van der Waals surface area contributed by atoms with Gasteiger partial charge in [0.1, 0.15) is 0 Å². The van der Waals surface area contributed by atoms with E-state index in [1.165, 1.54) is 5.56 Å². The van der Waals surface area contributed by atoms with Crippen molar-refractivity contribution >= 4 is 0 Å². The van der Waals surface area contributed by atoms with Crippen LogP contribution >= 0.6 is 0 Å². The standard InChI is InChI=1S/C17H22N2O2/c1-4-21-16-7-5-6-15(17(16)20-3)12-19-13(2)14-8-10-18-11-9-14/h5-11,13,19H,4,12H2,1-3H3/t13-/m0/s1. The second-order valence-electron chi connectivity index (χ2n) is 4.76. The predicted molar refractivity (Wildman–Crippen MR) is 83.7 cm³/mol. The zero-order valence-electron chi connectivity index (χ0n) is 12.8. The number of aromatic nitrogens is 1. The van der Waals surface area contributed by atoms with Gasteiger partial charge in [-0.25, -0.2) is 0 Å². The van der Waals surface area contributed by atoms with Crippen LogP contribution in [0.4, 0.5) is 0 Å². The van der Waals surface area contributed by atoms with Gasteiger partial charge in [0.05, 0.1) is 13.7 Å². The minimum absolute atomic E-state index is 0.244. The number of para-hydroxylation sites is 1. The Hall–Kier alpha value is -2.07. The molecule has 1 aromatic carbocycles. The van der Waals surface area contributed by atoms with Gasteiger partial charge in [0.15, 0.2) is 11.5 Å². The van der Waals surface area contributed by atoms with Crippen molar-refractivity contribution in [3.8, 4) is 11.5 Å². The Bertz CT molecular complexity index is 558. The molecule has 1 aromatic heterocycles. The Morgan fingerprint density at radius 2 is 1.95 bits per heavy atom. The molecule has 4 nitrogen and oxygen atoms in total. The fourth-order valence-corrected chi connectivity index (χ4v) is 2.23. The number of nitrogens with one attached hydrogen (secondary N) is 1. The van der Waals surface area contributed by atoms with Crippen molar-refractivity contribution in [1.29, 1.82) is 0 Å². The van der Waals surface area contributed by atoms with Crippen LogP contribution in [0.3, 0.4) is 0 Å². The first-order valence-electron chi connectivity index (χ1n) is 7.18. The summed E-state index contributed by atoms with van der Waals surface area (Å²) in [5.74, 6) is 1.59. The summed E-state index contributed by atoms with van der Waals surface area (Å²) in [4.78, 5) is 4.04. The van der Waals surface area contributed by atoms with Gasteiger partial charge in [0.2, 0.25) is 0 Å². The lowest BCUT2D eigenvalue weighted by molar-refractivity contribution is 0.308. The molecule has 0 amide bonds. The van der Waals surface area contributed by atoms with Crippen LogP contribution in [0.5, 0.6) is 11.5 Å².